The number of hydrazone groups is 1. The SMILES string of the molecule is N/N=C/c1cccnn1. The second-order valence-electron chi connectivity index (χ2n) is 1.43. The van der Waals surface area contributed by atoms with Crippen molar-refractivity contribution in [2.75, 3.05) is 0 Å². The van der Waals surface area contributed by atoms with Crippen LogP contribution in [-0.2, 0) is 0 Å². The van der Waals surface area contributed by atoms with Crippen molar-refractivity contribution in [3.63, 3.8) is 0 Å². The lowest BCUT2D eigenvalue weighted by Gasteiger charge is -1.83. The van der Waals surface area contributed by atoms with E-state index in [1.807, 2.05) is 0 Å². The fraction of sp³-hybridized carbons (Fsp3) is 0. The first-order chi connectivity index (χ1) is 4.43. The largest absolute Gasteiger partial charge is 0.323 e. The van der Waals surface area contributed by atoms with Crippen molar-refractivity contribution in [3.05, 3.63) is 24.0 Å². The Morgan fingerprint density at radius 2 is 2.56 bits per heavy atom. The van der Waals surface area contributed by atoms with Crippen LogP contribution in [0.4, 0.5) is 0 Å². The summed E-state index contributed by atoms with van der Waals surface area (Å²) in [4.78, 5) is 0. The third kappa shape index (κ3) is 1.49. The molecule has 1 heterocycles. The first-order valence-electron chi connectivity index (χ1n) is 2.44. The fourth-order valence-electron chi connectivity index (χ4n) is 0.459. The maximum atomic E-state index is 4.86. The van der Waals surface area contributed by atoms with E-state index in [1.165, 1.54) is 6.21 Å². The van der Waals surface area contributed by atoms with Crippen LogP contribution in [0.25, 0.3) is 0 Å². The summed E-state index contributed by atoms with van der Waals surface area (Å²) in [6.45, 7) is 0. The topological polar surface area (TPSA) is 64.2 Å². The summed E-state index contributed by atoms with van der Waals surface area (Å²) in [6.07, 6.45) is 3.03. The highest BCUT2D eigenvalue weighted by Crippen LogP contribution is 1.82. The van der Waals surface area contributed by atoms with Crippen LogP contribution >= 0.6 is 0 Å². The summed E-state index contributed by atoms with van der Waals surface area (Å²) in [5.74, 6) is 4.86. The van der Waals surface area contributed by atoms with Gasteiger partial charge in [-0.2, -0.15) is 10.2 Å². The first-order valence-corrected chi connectivity index (χ1v) is 2.44. The van der Waals surface area contributed by atoms with Gasteiger partial charge in [-0.1, -0.05) is 0 Å². The molecular formula is C5H6N4. The summed E-state index contributed by atoms with van der Waals surface area (Å²) < 4.78 is 0. The van der Waals surface area contributed by atoms with Gasteiger partial charge in [0.2, 0.25) is 0 Å². The molecule has 1 aromatic heterocycles. The Bertz CT molecular complexity index is 193. The third-order valence-electron chi connectivity index (χ3n) is 0.800. The molecule has 4 heteroatoms. The standard InChI is InChI=1S/C5H6N4/c6-7-4-5-2-1-3-8-9-5/h1-4H,6H2/b7-4+. The highest BCUT2D eigenvalue weighted by molar-refractivity contribution is 5.75. The molecule has 0 bridgehead atoms. The fourth-order valence-corrected chi connectivity index (χ4v) is 0.459. The Morgan fingerprint density at radius 3 is 3.11 bits per heavy atom. The van der Waals surface area contributed by atoms with Crippen LogP contribution in [0.15, 0.2) is 23.4 Å². The summed E-state index contributed by atoms with van der Waals surface area (Å²) in [6, 6.07) is 3.54. The van der Waals surface area contributed by atoms with Gasteiger partial charge in [-0.25, -0.2) is 0 Å². The van der Waals surface area contributed by atoms with Crippen molar-refractivity contribution in [2.45, 2.75) is 0 Å². The van der Waals surface area contributed by atoms with Crippen molar-refractivity contribution < 1.29 is 0 Å². The summed E-state index contributed by atoms with van der Waals surface area (Å²) in [5.41, 5.74) is 0.667. The Kier molecular flexibility index (Phi) is 1.74. The maximum absolute atomic E-state index is 4.86. The van der Waals surface area contributed by atoms with E-state index in [2.05, 4.69) is 15.3 Å². The minimum atomic E-state index is 0.667. The lowest BCUT2D eigenvalue weighted by Crippen LogP contribution is -1.90. The van der Waals surface area contributed by atoms with Gasteiger partial charge in [0.25, 0.3) is 0 Å². The molecule has 0 amide bonds. The van der Waals surface area contributed by atoms with Crippen LogP contribution in [0.5, 0.6) is 0 Å². The van der Waals surface area contributed by atoms with Crippen LogP contribution in [0, 0.1) is 0 Å². The quantitative estimate of drug-likeness (QED) is 0.318. The van der Waals surface area contributed by atoms with E-state index in [-0.39, 0.29) is 0 Å². The zero-order valence-electron chi connectivity index (χ0n) is 4.73. The van der Waals surface area contributed by atoms with Crippen LogP contribution in [0.1, 0.15) is 5.69 Å². The van der Waals surface area contributed by atoms with Gasteiger partial charge < -0.3 is 5.84 Å². The number of rotatable bonds is 1. The monoisotopic (exact) mass is 122 g/mol. The molecule has 0 atom stereocenters. The molecule has 1 rings (SSSR count). The average Bonchev–Trinajstić information content (AvgIpc) is 1.91. The molecule has 0 fully saturated rings. The van der Waals surface area contributed by atoms with Gasteiger partial charge in [0.1, 0.15) is 5.69 Å². The average molecular weight is 122 g/mol. The van der Waals surface area contributed by atoms with E-state index in [1.54, 1.807) is 18.3 Å². The van der Waals surface area contributed by atoms with Gasteiger partial charge in [-0.3, -0.25) is 0 Å². The molecule has 0 aromatic carbocycles. The molecule has 0 spiro atoms. The van der Waals surface area contributed by atoms with Crippen molar-refractivity contribution in [3.8, 4) is 0 Å². The molecule has 0 unspecified atom stereocenters. The van der Waals surface area contributed by atoms with Gasteiger partial charge in [0, 0.05) is 6.20 Å². The maximum Gasteiger partial charge on any atom is 0.106 e. The van der Waals surface area contributed by atoms with Crippen LogP contribution in [0.2, 0.25) is 0 Å². The lowest BCUT2D eigenvalue weighted by atomic mass is 10.4. The van der Waals surface area contributed by atoms with Gasteiger partial charge in [-0.15, -0.1) is 5.10 Å². The molecule has 4 nitrogen and oxygen atoms in total. The summed E-state index contributed by atoms with van der Waals surface area (Å²) in [5, 5.41) is 10.6. The predicted octanol–water partition coefficient (Wildman–Crippen LogP) is -0.231. The van der Waals surface area contributed by atoms with Gasteiger partial charge in [0.15, 0.2) is 0 Å². The van der Waals surface area contributed by atoms with Crippen LogP contribution in [-0.4, -0.2) is 16.4 Å². The van der Waals surface area contributed by atoms with Crippen molar-refractivity contribution in [2.24, 2.45) is 10.9 Å². The van der Waals surface area contributed by atoms with Gasteiger partial charge in [0.05, 0.1) is 6.21 Å². The number of nitrogens with two attached hydrogens (primary N) is 1. The zero-order valence-corrected chi connectivity index (χ0v) is 4.73. The van der Waals surface area contributed by atoms with E-state index in [4.69, 9.17) is 5.84 Å². The molecule has 46 valence electrons. The highest BCUT2D eigenvalue weighted by atomic mass is 15.1. The molecule has 0 aliphatic carbocycles. The number of hydrogen-bond acceptors (Lipinski definition) is 4. The van der Waals surface area contributed by atoms with E-state index < -0.39 is 0 Å². The Hall–Kier alpha value is -1.45. The molecule has 9 heavy (non-hydrogen) atoms. The summed E-state index contributed by atoms with van der Waals surface area (Å²) in [7, 11) is 0. The zero-order chi connectivity index (χ0) is 6.53. The van der Waals surface area contributed by atoms with Crippen LogP contribution in [0.3, 0.4) is 0 Å². The molecule has 2 N–H and O–H groups in total. The van der Waals surface area contributed by atoms with Crippen molar-refractivity contribution in [1.29, 1.82) is 0 Å². The molecule has 0 radical (unpaired) electrons. The minimum Gasteiger partial charge on any atom is -0.323 e. The van der Waals surface area contributed by atoms with Gasteiger partial charge in [-0.05, 0) is 12.1 Å². The normalized spacial score (nSPS) is 10.2. The molecule has 0 aliphatic rings. The van der Waals surface area contributed by atoms with E-state index in [0.717, 1.165) is 0 Å². The number of aromatic nitrogens is 2. The van der Waals surface area contributed by atoms with E-state index >= 15 is 0 Å². The highest BCUT2D eigenvalue weighted by Gasteiger charge is 1.82. The molecule has 0 saturated heterocycles. The Labute approximate surface area is 52.4 Å². The molecular weight excluding hydrogens is 116 g/mol. The Morgan fingerprint density at radius 1 is 1.67 bits per heavy atom. The minimum absolute atomic E-state index is 0.667. The smallest absolute Gasteiger partial charge is 0.106 e. The van der Waals surface area contributed by atoms with E-state index in [9.17, 15) is 0 Å². The Balaban J connectivity index is 2.85. The van der Waals surface area contributed by atoms with Crippen molar-refractivity contribution in [1.82, 2.24) is 10.2 Å². The van der Waals surface area contributed by atoms with E-state index in [0.29, 0.717) is 5.69 Å². The lowest BCUT2D eigenvalue weighted by molar-refractivity contribution is 1.02. The number of hydrogen-bond donors (Lipinski definition) is 1. The first kappa shape index (κ1) is 5.68. The second kappa shape index (κ2) is 2.76. The molecule has 0 aliphatic heterocycles. The summed E-state index contributed by atoms with van der Waals surface area (Å²) >= 11 is 0. The molecule has 1 aromatic rings. The second-order valence-corrected chi connectivity index (χ2v) is 1.43. The van der Waals surface area contributed by atoms with Gasteiger partial charge >= 0.3 is 0 Å². The van der Waals surface area contributed by atoms with Crippen molar-refractivity contribution >= 4 is 6.21 Å². The third-order valence-corrected chi connectivity index (χ3v) is 0.800. The molecule has 0 saturated carbocycles. The van der Waals surface area contributed by atoms with Crippen LogP contribution < -0.4 is 5.84 Å². The number of nitrogens with zero attached hydrogens (tertiary/aromatic N) is 3. The predicted molar refractivity (Wildman–Crippen MR) is 33.8 cm³/mol.